The monoisotopic (exact) mass is 264 g/mol. The summed E-state index contributed by atoms with van der Waals surface area (Å²) in [5.74, 6) is -0.877. The summed E-state index contributed by atoms with van der Waals surface area (Å²) in [4.78, 5) is 11.4. The van der Waals surface area contributed by atoms with E-state index >= 15 is 0 Å². The fourth-order valence-electron chi connectivity index (χ4n) is 2.24. The van der Waals surface area contributed by atoms with Crippen molar-refractivity contribution in [1.29, 1.82) is 0 Å². The van der Waals surface area contributed by atoms with Gasteiger partial charge in [0, 0.05) is 0 Å². The zero-order valence-corrected chi connectivity index (χ0v) is 9.05. The van der Waals surface area contributed by atoms with Crippen LogP contribution in [-0.4, -0.2) is 48.8 Å². The number of carbonyl (C=O) groups is 1. The maximum absolute atomic E-state index is 11.4. The van der Waals surface area contributed by atoms with Crippen LogP contribution in [0.15, 0.2) is 54.6 Å². The molecule has 0 bridgehead atoms. The van der Waals surface area contributed by atoms with Crippen molar-refractivity contribution in [3.8, 4) is 0 Å². The van der Waals surface area contributed by atoms with E-state index in [1.54, 1.807) is 0 Å². The van der Waals surface area contributed by atoms with E-state index in [4.69, 9.17) is 0 Å². The first-order valence-corrected chi connectivity index (χ1v) is 5.41. The van der Waals surface area contributed by atoms with E-state index in [2.05, 4.69) is 0 Å². The predicted octanol–water partition coefficient (Wildman–Crippen LogP) is 2.78. The van der Waals surface area contributed by atoms with Crippen LogP contribution in [0, 0.1) is 0 Å². The Morgan fingerprint density at radius 2 is 1.28 bits per heavy atom. The van der Waals surface area contributed by atoms with Gasteiger partial charge < -0.3 is 5.11 Å². The van der Waals surface area contributed by atoms with Crippen molar-refractivity contribution in [2.24, 2.45) is 0 Å². The van der Waals surface area contributed by atoms with E-state index in [1.165, 1.54) is 0 Å². The summed E-state index contributed by atoms with van der Waals surface area (Å²) in [5.41, 5.74) is 0.388. The number of carboxylic acid groups (broad SMARTS) is 1. The third-order valence-corrected chi connectivity index (χ3v) is 2.99. The van der Waals surface area contributed by atoms with Crippen molar-refractivity contribution in [3.63, 3.8) is 0 Å². The fourth-order valence-corrected chi connectivity index (χ4v) is 2.24. The Kier molecular flexibility index (Phi) is 3.91. The molecule has 0 heterocycles. The summed E-state index contributed by atoms with van der Waals surface area (Å²) >= 11 is 0. The van der Waals surface area contributed by atoms with Crippen molar-refractivity contribution in [1.82, 2.24) is 0 Å². The molecule has 0 fully saturated rings. The van der Waals surface area contributed by atoms with Crippen molar-refractivity contribution < 1.29 is 9.90 Å². The van der Waals surface area contributed by atoms with E-state index < -0.39 is 5.97 Å². The van der Waals surface area contributed by atoms with Gasteiger partial charge in [-0.1, -0.05) is 48.5 Å². The number of hydrogen-bond acceptors (Lipinski definition) is 1. The molecule has 3 aromatic carbocycles. The van der Waals surface area contributed by atoms with Gasteiger partial charge in [-0.15, -0.1) is 0 Å². The molecule has 18 heavy (non-hydrogen) atoms. The molecule has 86 valence electrons. The van der Waals surface area contributed by atoms with E-state index in [0.717, 1.165) is 21.5 Å². The van der Waals surface area contributed by atoms with E-state index in [0.29, 0.717) is 5.56 Å². The van der Waals surface area contributed by atoms with Crippen molar-refractivity contribution in [3.05, 3.63) is 60.2 Å². The Balaban J connectivity index is 0.00000120. The van der Waals surface area contributed by atoms with E-state index in [-0.39, 0.29) is 37.7 Å². The van der Waals surface area contributed by atoms with Gasteiger partial charge in [-0.3, -0.25) is 0 Å². The van der Waals surface area contributed by atoms with Crippen LogP contribution in [0.25, 0.3) is 21.5 Å². The topological polar surface area (TPSA) is 37.3 Å². The standard InChI is InChI=1S/C15H10O2.Ca.2H/c16-15(17)14-12-7-3-1-5-10(12)9-11-6-2-4-8-13(11)14;;;/h1-9H,(H,16,17);;;. The molecule has 0 unspecified atom stereocenters. The molecular formula is C15H12CaO2. The van der Waals surface area contributed by atoms with Crippen LogP contribution in [0.1, 0.15) is 10.4 Å². The van der Waals surface area contributed by atoms with Crippen LogP contribution >= 0.6 is 0 Å². The second-order valence-electron chi connectivity index (χ2n) is 4.00. The molecule has 0 atom stereocenters. The molecule has 0 radical (unpaired) electrons. The molecule has 0 saturated heterocycles. The molecule has 0 amide bonds. The first kappa shape index (κ1) is 13.3. The summed E-state index contributed by atoms with van der Waals surface area (Å²) in [6.07, 6.45) is 0. The van der Waals surface area contributed by atoms with Crippen LogP contribution < -0.4 is 0 Å². The summed E-state index contributed by atoms with van der Waals surface area (Å²) in [7, 11) is 0. The number of aromatic carboxylic acids is 1. The maximum atomic E-state index is 11.4. The van der Waals surface area contributed by atoms with E-state index in [9.17, 15) is 9.90 Å². The van der Waals surface area contributed by atoms with Gasteiger partial charge in [-0.2, -0.15) is 0 Å². The van der Waals surface area contributed by atoms with Gasteiger partial charge in [0.25, 0.3) is 0 Å². The third-order valence-electron chi connectivity index (χ3n) is 2.99. The summed E-state index contributed by atoms with van der Waals surface area (Å²) in [5, 5.41) is 12.9. The van der Waals surface area contributed by atoms with Gasteiger partial charge in [-0.25, -0.2) is 4.79 Å². The number of hydrogen-bond donors (Lipinski definition) is 1. The zero-order valence-electron chi connectivity index (χ0n) is 9.05. The molecule has 1 N–H and O–H groups in total. The van der Waals surface area contributed by atoms with Gasteiger partial charge in [0.2, 0.25) is 0 Å². The Morgan fingerprint density at radius 3 is 1.72 bits per heavy atom. The molecule has 0 spiro atoms. The van der Waals surface area contributed by atoms with Crippen molar-refractivity contribution in [2.45, 2.75) is 0 Å². The molecule has 0 aliphatic carbocycles. The van der Waals surface area contributed by atoms with Crippen LogP contribution in [-0.2, 0) is 0 Å². The van der Waals surface area contributed by atoms with E-state index in [1.807, 2.05) is 54.6 Å². The van der Waals surface area contributed by atoms with Gasteiger partial charge >= 0.3 is 43.7 Å². The molecular weight excluding hydrogens is 252 g/mol. The first-order chi connectivity index (χ1) is 8.27. The van der Waals surface area contributed by atoms with Gasteiger partial charge in [-0.05, 0) is 27.6 Å². The Morgan fingerprint density at radius 1 is 0.833 bits per heavy atom. The SMILES string of the molecule is O=C(O)c1c2ccccc2cc2ccccc12.[CaH2]. The van der Waals surface area contributed by atoms with Crippen LogP contribution in [0.5, 0.6) is 0 Å². The average molecular weight is 264 g/mol. The number of fused-ring (bicyclic) bond motifs is 2. The molecule has 0 aliphatic rings. The molecule has 3 rings (SSSR count). The number of rotatable bonds is 1. The normalized spacial score (nSPS) is 10.2. The van der Waals surface area contributed by atoms with Gasteiger partial charge in [0.05, 0.1) is 5.56 Å². The quantitative estimate of drug-likeness (QED) is 0.542. The Labute approximate surface area is 134 Å². The van der Waals surface area contributed by atoms with Crippen LogP contribution in [0.4, 0.5) is 0 Å². The summed E-state index contributed by atoms with van der Waals surface area (Å²) in [6, 6.07) is 17.2. The molecule has 0 aliphatic heterocycles. The van der Waals surface area contributed by atoms with Crippen molar-refractivity contribution in [2.75, 3.05) is 0 Å². The summed E-state index contributed by atoms with van der Waals surface area (Å²) in [6.45, 7) is 0. The fraction of sp³-hybridized carbons (Fsp3) is 0. The van der Waals surface area contributed by atoms with Gasteiger partial charge in [0.1, 0.15) is 0 Å². The second kappa shape index (κ2) is 5.27. The molecule has 2 nitrogen and oxygen atoms in total. The summed E-state index contributed by atoms with van der Waals surface area (Å²) < 4.78 is 0. The zero-order chi connectivity index (χ0) is 11.8. The minimum absolute atomic E-state index is 0. The molecule has 3 heteroatoms. The third kappa shape index (κ3) is 2.12. The van der Waals surface area contributed by atoms with Crippen LogP contribution in [0.3, 0.4) is 0 Å². The molecule has 0 aromatic heterocycles. The van der Waals surface area contributed by atoms with Gasteiger partial charge in [0.15, 0.2) is 0 Å². The number of benzene rings is 3. The average Bonchev–Trinajstić information content (AvgIpc) is 2.35. The Bertz CT molecular complexity index is 681. The van der Waals surface area contributed by atoms with Crippen LogP contribution in [0.2, 0.25) is 0 Å². The predicted molar refractivity (Wildman–Crippen MR) is 77.0 cm³/mol. The second-order valence-corrected chi connectivity index (χ2v) is 4.00. The Hall–Kier alpha value is -1.09. The minimum atomic E-state index is -0.877. The van der Waals surface area contributed by atoms with Crippen molar-refractivity contribution >= 4 is 65.3 Å². The molecule has 0 saturated carbocycles. The first-order valence-electron chi connectivity index (χ1n) is 5.41. The molecule has 3 aromatic rings. The number of carboxylic acids is 1.